The van der Waals surface area contributed by atoms with Gasteiger partial charge < -0.3 is 5.32 Å². The molecular formula is C17H15BrFNO. The maximum absolute atomic E-state index is 13.2. The minimum atomic E-state index is -0.416. The summed E-state index contributed by atoms with van der Waals surface area (Å²) in [5.41, 5.74) is 4.19. The molecule has 0 atom stereocenters. The zero-order valence-electron chi connectivity index (χ0n) is 11.5. The average Bonchev–Trinajstić information content (AvgIpc) is 2.94. The molecule has 1 amide bonds. The summed E-state index contributed by atoms with van der Waals surface area (Å²) in [4.78, 5) is 12.1. The predicted molar refractivity (Wildman–Crippen MR) is 83.7 cm³/mol. The van der Waals surface area contributed by atoms with Crippen LogP contribution in [-0.2, 0) is 19.4 Å². The molecule has 0 aliphatic heterocycles. The Morgan fingerprint density at radius 2 is 1.95 bits per heavy atom. The Labute approximate surface area is 131 Å². The number of fused-ring (bicyclic) bond motifs is 1. The van der Waals surface area contributed by atoms with Crippen molar-refractivity contribution in [3.05, 3.63) is 68.9 Å². The molecule has 1 aliphatic carbocycles. The van der Waals surface area contributed by atoms with E-state index in [1.165, 1.54) is 29.7 Å². The topological polar surface area (TPSA) is 29.1 Å². The molecule has 0 fully saturated rings. The van der Waals surface area contributed by atoms with Crippen LogP contribution in [0.25, 0.3) is 0 Å². The van der Waals surface area contributed by atoms with Crippen molar-refractivity contribution >= 4 is 21.8 Å². The first-order chi connectivity index (χ1) is 10.1. The fourth-order valence-electron chi connectivity index (χ4n) is 2.68. The smallest absolute Gasteiger partial charge is 0.252 e. The average molecular weight is 348 g/mol. The third-order valence-electron chi connectivity index (χ3n) is 3.79. The van der Waals surface area contributed by atoms with Gasteiger partial charge in [-0.2, -0.15) is 0 Å². The first kappa shape index (κ1) is 14.3. The van der Waals surface area contributed by atoms with Gasteiger partial charge >= 0.3 is 0 Å². The van der Waals surface area contributed by atoms with Crippen molar-refractivity contribution in [3.8, 4) is 0 Å². The van der Waals surface area contributed by atoms with Gasteiger partial charge in [-0.25, -0.2) is 4.39 Å². The normalized spacial score (nSPS) is 13.0. The Morgan fingerprint density at radius 1 is 1.14 bits per heavy atom. The number of carbonyl (C=O) groups is 1. The molecule has 21 heavy (non-hydrogen) atoms. The maximum atomic E-state index is 13.2. The van der Waals surface area contributed by atoms with E-state index in [4.69, 9.17) is 0 Å². The first-order valence-electron chi connectivity index (χ1n) is 6.97. The van der Waals surface area contributed by atoms with Crippen molar-refractivity contribution in [2.75, 3.05) is 0 Å². The van der Waals surface area contributed by atoms with Crippen molar-refractivity contribution in [1.29, 1.82) is 0 Å². The van der Waals surface area contributed by atoms with Crippen molar-refractivity contribution in [2.24, 2.45) is 0 Å². The van der Waals surface area contributed by atoms with E-state index in [2.05, 4.69) is 33.4 Å². The molecule has 3 rings (SSSR count). The summed E-state index contributed by atoms with van der Waals surface area (Å²) in [6, 6.07) is 10.4. The second kappa shape index (κ2) is 5.98. The maximum Gasteiger partial charge on any atom is 0.252 e. The van der Waals surface area contributed by atoms with Gasteiger partial charge in [0.1, 0.15) is 5.82 Å². The highest BCUT2D eigenvalue weighted by molar-refractivity contribution is 9.10. The Balaban J connectivity index is 1.70. The highest BCUT2D eigenvalue weighted by Gasteiger charge is 2.13. The molecule has 0 bridgehead atoms. The number of hydrogen-bond donors (Lipinski definition) is 1. The Morgan fingerprint density at radius 3 is 2.81 bits per heavy atom. The van der Waals surface area contributed by atoms with Crippen LogP contribution in [0.4, 0.5) is 4.39 Å². The lowest BCUT2D eigenvalue weighted by Gasteiger charge is -2.09. The van der Waals surface area contributed by atoms with Crippen LogP contribution < -0.4 is 5.32 Å². The quantitative estimate of drug-likeness (QED) is 0.892. The summed E-state index contributed by atoms with van der Waals surface area (Å²) >= 11 is 3.27. The lowest BCUT2D eigenvalue weighted by atomic mass is 10.1. The van der Waals surface area contributed by atoms with E-state index in [1.54, 1.807) is 6.07 Å². The number of nitrogens with one attached hydrogen (secondary N) is 1. The van der Waals surface area contributed by atoms with Crippen molar-refractivity contribution < 1.29 is 9.18 Å². The first-order valence-corrected chi connectivity index (χ1v) is 7.77. The van der Waals surface area contributed by atoms with Gasteiger partial charge in [0.15, 0.2) is 0 Å². The van der Waals surface area contributed by atoms with Gasteiger partial charge in [0.2, 0.25) is 0 Å². The molecule has 0 radical (unpaired) electrons. The van der Waals surface area contributed by atoms with Crippen LogP contribution in [0.1, 0.15) is 33.5 Å². The van der Waals surface area contributed by atoms with Crippen molar-refractivity contribution in [2.45, 2.75) is 25.8 Å². The highest BCUT2D eigenvalue weighted by atomic mass is 79.9. The summed E-state index contributed by atoms with van der Waals surface area (Å²) in [6.07, 6.45) is 3.48. The van der Waals surface area contributed by atoms with Crippen LogP contribution in [0.3, 0.4) is 0 Å². The van der Waals surface area contributed by atoms with Crippen LogP contribution >= 0.6 is 15.9 Å². The van der Waals surface area contributed by atoms with E-state index in [0.29, 0.717) is 16.6 Å². The van der Waals surface area contributed by atoms with Gasteiger partial charge in [-0.15, -0.1) is 0 Å². The van der Waals surface area contributed by atoms with E-state index in [0.717, 1.165) is 18.4 Å². The fraction of sp³-hybridized carbons (Fsp3) is 0.235. The van der Waals surface area contributed by atoms with Gasteiger partial charge in [-0.05, 0) is 70.1 Å². The third-order valence-corrected chi connectivity index (χ3v) is 4.48. The molecule has 0 spiro atoms. The fourth-order valence-corrected chi connectivity index (χ4v) is 3.11. The number of rotatable bonds is 3. The molecule has 2 aromatic rings. The molecule has 1 aliphatic rings. The third kappa shape index (κ3) is 3.16. The van der Waals surface area contributed by atoms with Crippen LogP contribution in [0.15, 0.2) is 40.9 Å². The molecular weight excluding hydrogens is 333 g/mol. The molecule has 4 heteroatoms. The number of aryl methyl sites for hydroxylation is 2. The summed E-state index contributed by atoms with van der Waals surface area (Å²) in [5.74, 6) is -0.692. The molecule has 2 nitrogen and oxygen atoms in total. The lowest BCUT2D eigenvalue weighted by Crippen LogP contribution is -2.23. The van der Waals surface area contributed by atoms with Gasteiger partial charge in [-0.1, -0.05) is 18.2 Å². The van der Waals surface area contributed by atoms with E-state index >= 15 is 0 Å². The number of carbonyl (C=O) groups excluding carboxylic acids is 1. The van der Waals surface area contributed by atoms with E-state index in [-0.39, 0.29) is 5.91 Å². The van der Waals surface area contributed by atoms with E-state index in [9.17, 15) is 9.18 Å². The van der Waals surface area contributed by atoms with Crippen molar-refractivity contribution in [3.63, 3.8) is 0 Å². The largest absolute Gasteiger partial charge is 0.348 e. The molecule has 108 valence electrons. The molecule has 0 aromatic heterocycles. The van der Waals surface area contributed by atoms with Gasteiger partial charge in [0.05, 0.1) is 5.56 Å². The summed E-state index contributed by atoms with van der Waals surface area (Å²) in [7, 11) is 0. The summed E-state index contributed by atoms with van der Waals surface area (Å²) in [5, 5.41) is 2.84. The SMILES string of the molecule is O=C(NCc1ccc2c(c1)CCC2)c1cc(F)ccc1Br. The Bertz CT molecular complexity index is 699. The van der Waals surface area contributed by atoms with Crippen LogP contribution in [0.5, 0.6) is 0 Å². The molecule has 0 saturated carbocycles. The zero-order chi connectivity index (χ0) is 14.8. The minimum absolute atomic E-state index is 0.276. The van der Waals surface area contributed by atoms with Crippen LogP contribution in [0.2, 0.25) is 0 Å². The zero-order valence-corrected chi connectivity index (χ0v) is 13.0. The van der Waals surface area contributed by atoms with Crippen LogP contribution in [0, 0.1) is 5.82 Å². The van der Waals surface area contributed by atoms with Gasteiger partial charge in [0, 0.05) is 11.0 Å². The molecule has 0 saturated heterocycles. The number of hydrogen-bond acceptors (Lipinski definition) is 1. The second-order valence-corrected chi connectivity index (χ2v) is 6.12. The standard InChI is InChI=1S/C17H15BrFNO/c18-16-7-6-14(19)9-15(16)17(21)20-10-11-4-5-12-2-1-3-13(12)8-11/h4-9H,1-3,10H2,(H,20,21). The summed E-state index contributed by atoms with van der Waals surface area (Å²) in [6.45, 7) is 0.453. The molecule has 1 N–H and O–H groups in total. The Hall–Kier alpha value is -1.68. The highest BCUT2D eigenvalue weighted by Crippen LogP contribution is 2.23. The number of halogens is 2. The Kier molecular flexibility index (Phi) is 4.06. The number of amides is 1. The number of benzene rings is 2. The van der Waals surface area contributed by atoms with E-state index in [1.807, 2.05) is 6.07 Å². The van der Waals surface area contributed by atoms with Gasteiger partial charge in [-0.3, -0.25) is 4.79 Å². The summed E-state index contributed by atoms with van der Waals surface area (Å²) < 4.78 is 13.8. The monoisotopic (exact) mass is 347 g/mol. The van der Waals surface area contributed by atoms with E-state index < -0.39 is 5.82 Å². The van der Waals surface area contributed by atoms with Crippen molar-refractivity contribution in [1.82, 2.24) is 5.32 Å². The van der Waals surface area contributed by atoms with Crippen LogP contribution in [-0.4, -0.2) is 5.91 Å². The second-order valence-electron chi connectivity index (χ2n) is 5.26. The molecule has 0 heterocycles. The van der Waals surface area contributed by atoms with Gasteiger partial charge in [0.25, 0.3) is 5.91 Å². The minimum Gasteiger partial charge on any atom is -0.348 e. The lowest BCUT2D eigenvalue weighted by molar-refractivity contribution is 0.0949. The molecule has 0 unspecified atom stereocenters. The molecule has 2 aromatic carbocycles. The predicted octanol–water partition coefficient (Wildman–Crippen LogP) is 4.01.